The molecular formula is C17H16N2O4S. The topological polar surface area (TPSA) is 89.3 Å². The number of aromatic nitrogens is 1. The van der Waals surface area contributed by atoms with E-state index in [1.165, 1.54) is 11.3 Å². The summed E-state index contributed by atoms with van der Waals surface area (Å²) in [5.74, 6) is -1.81. The maximum atomic E-state index is 12.2. The number of thiazole rings is 1. The highest BCUT2D eigenvalue weighted by molar-refractivity contribution is 7.09. The number of hydrogen-bond donors (Lipinski definition) is 0. The fourth-order valence-corrected chi connectivity index (χ4v) is 2.85. The summed E-state index contributed by atoms with van der Waals surface area (Å²) in [4.78, 5) is 28.5. The average molecular weight is 344 g/mol. The van der Waals surface area contributed by atoms with Crippen LogP contribution in [0.3, 0.4) is 0 Å². The molecule has 0 unspecified atom stereocenters. The van der Waals surface area contributed by atoms with E-state index >= 15 is 0 Å². The van der Waals surface area contributed by atoms with Crippen LogP contribution in [-0.4, -0.2) is 30.0 Å². The number of para-hydroxylation sites is 1. The van der Waals surface area contributed by atoms with Crippen LogP contribution in [0.1, 0.15) is 33.9 Å². The molecule has 0 aliphatic rings. The molecule has 0 spiro atoms. The Balaban J connectivity index is 2.03. The van der Waals surface area contributed by atoms with E-state index in [1.807, 2.05) is 6.07 Å². The third-order valence-electron chi connectivity index (χ3n) is 3.09. The lowest BCUT2D eigenvalue weighted by Gasteiger charge is -2.10. The number of benzene rings is 1. The molecule has 0 aliphatic heterocycles. The molecule has 124 valence electrons. The van der Waals surface area contributed by atoms with Gasteiger partial charge in [-0.05, 0) is 26.0 Å². The zero-order chi connectivity index (χ0) is 17.5. The van der Waals surface area contributed by atoms with Crippen molar-refractivity contribution in [3.05, 3.63) is 45.9 Å². The molecule has 0 N–H and O–H groups in total. The molecule has 0 radical (unpaired) electrons. The summed E-state index contributed by atoms with van der Waals surface area (Å²) < 4.78 is 10.4. The Labute approximate surface area is 143 Å². The molecule has 6 nitrogen and oxygen atoms in total. The number of rotatable bonds is 7. The lowest BCUT2D eigenvalue weighted by atomic mass is 10.1. The largest absolute Gasteiger partial charge is 0.493 e. The van der Waals surface area contributed by atoms with E-state index in [0.29, 0.717) is 17.4 Å². The number of Topliss-reactive ketones (excluding diaryl/α,β-unsaturated/α-hetero) is 1. The molecular weight excluding hydrogens is 328 g/mol. The monoisotopic (exact) mass is 344 g/mol. The number of hydrogen-bond acceptors (Lipinski definition) is 7. The first kappa shape index (κ1) is 17.6. The molecule has 0 saturated carbocycles. The van der Waals surface area contributed by atoms with Crippen LogP contribution in [0, 0.1) is 18.3 Å². The smallest absolute Gasteiger partial charge is 0.342 e. The number of nitriles is 1. The number of esters is 1. The Morgan fingerprint density at radius 1 is 1.38 bits per heavy atom. The van der Waals surface area contributed by atoms with Gasteiger partial charge in [0.15, 0.2) is 18.3 Å². The fraction of sp³-hybridized carbons (Fsp3) is 0.294. The minimum Gasteiger partial charge on any atom is -0.493 e. The lowest BCUT2D eigenvalue weighted by molar-refractivity contribution is -0.122. The summed E-state index contributed by atoms with van der Waals surface area (Å²) in [6.07, 6.45) is 0. The molecule has 7 heteroatoms. The van der Waals surface area contributed by atoms with E-state index in [4.69, 9.17) is 9.47 Å². The van der Waals surface area contributed by atoms with Crippen molar-refractivity contribution in [2.24, 2.45) is 0 Å². The van der Waals surface area contributed by atoms with Crippen molar-refractivity contribution < 1.29 is 19.1 Å². The first-order chi connectivity index (χ1) is 11.6. The van der Waals surface area contributed by atoms with Crippen molar-refractivity contribution in [3.63, 3.8) is 0 Å². The number of ether oxygens (including phenoxy) is 2. The van der Waals surface area contributed by atoms with Gasteiger partial charge in [0.1, 0.15) is 16.3 Å². The molecule has 1 atom stereocenters. The number of nitrogens with zero attached hydrogens (tertiary/aromatic N) is 2. The Morgan fingerprint density at radius 3 is 2.75 bits per heavy atom. The fourth-order valence-electron chi connectivity index (χ4n) is 1.98. The van der Waals surface area contributed by atoms with E-state index in [0.717, 1.165) is 5.69 Å². The molecule has 1 heterocycles. The number of carbonyl (C=O) groups excluding carboxylic acids is 2. The van der Waals surface area contributed by atoms with Gasteiger partial charge in [0.05, 0.1) is 12.7 Å². The van der Waals surface area contributed by atoms with E-state index in [9.17, 15) is 14.9 Å². The molecule has 2 aromatic rings. The third-order valence-corrected chi connectivity index (χ3v) is 4.11. The van der Waals surface area contributed by atoms with Gasteiger partial charge in [0.2, 0.25) is 0 Å². The second-order valence-electron chi connectivity index (χ2n) is 4.86. The van der Waals surface area contributed by atoms with Crippen molar-refractivity contribution >= 4 is 23.1 Å². The van der Waals surface area contributed by atoms with E-state index in [1.54, 1.807) is 43.5 Å². The highest BCUT2D eigenvalue weighted by atomic mass is 32.1. The van der Waals surface area contributed by atoms with Crippen molar-refractivity contribution in [2.75, 3.05) is 13.2 Å². The van der Waals surface area contributed by atoms with Crippen LogP contribution in [0.5, 0.6) is 5.75 Å². The molecule has 0 amide bonds. The van der Waals surface area contributed by atoms with Gasteiger partial charge in [-0.1, -0.05) is 12.1 Å². The summed E-state index contributed by atoms with van der Waals surface area (Å²) in [6.45, 7) is 3.50. The van der Waals surface area contributed by atoms with Crippen LogP contribution in [0.15, 0.2) is 29.6 Å². The number of ketones is 1. The van der Waals surface area contributed by atoms with Gasteiger partial charge >= 0.3 is 5.97 Å². The summed E-state index contributed by atoms with van der Waals surface area (Å²) in [5, 5.41) is 11.4. The molecule has 2 rings (SSSR count). The van der Waals surface area contributed by atoms with Crippen molar-refractivity contribution in [2.45, 2.75) is 19.8 Å². The van der Waals surface area contributed by atoms with Gasteiger partial charge in [-0.25, -0.2) is 9.78 Å². The van der Waals surface area contributed by atoms with Crippen LogP contribution < -0.4 is 4.74 Å². The molecule has 0 bridgehead atoms. The van der Waals surface area contributed by atoms with E-state index < -0.39 is 24.3 Å². The van der Waals surface area contributed by atoms with Crippen LogP contribution in [0.25, 0.3) is 0 Å². The summed E-state index contributed by atoms with van der Waals surface area (Å²) in [7, 11) is 0. The molecule has 24 heavy (non-hydrogen) atoms. The van der Waals surface area contributed by atoms with Gasteiger partial charge in [-0.15, -0.1) is 11.3 Å². The second-order valence-corrected chi connectivity index (χ2v) is 5.75. The van der Waals surface area contributed by atoms with Gasteiger partial charge in [-0.3, -0.25) is 4.79 Å². The Morgan fingerprint density at radius 2 is 2.12 bits per heavy atom. The minimum atomic E-state index is -1.03. The molecule has 1 aromatic heterocycles. The zero-order valence-corrected chi connectivity index (χ0v) is 14.1. The molecule has 0 fully saturated rings. The highest BCUT2D eigenvalue weighted by Gasteiger charge is 2.25. The first-order valence-corrected chi connectivity index (χ1v) is 8.18. The Kier molecular flexibility index (Phi) is 6.04. The standard InChI is InChI=1S/C17H16N2O4S/c1-3-22-15-7-5-4-6-12(15)17(21)23-9-14(20)13(8-18)16-19-11(2)10-24-16/h4-7,10,13H,3,9H2,1-2H3/t13-/m0/s1. The Hall–Kier alpha value is -2.72. The van der Waals surface area contributed by atoms with E-state index in [-0.39, 0.29) is 5.56 Å². The Bertz CT molecular complexity index is 779. The van der Waals surface area contributed by atoms with Crippen LogP contribution in [0.4, 0.5) is 0 Å². The summed E-state index contributed by atoms with van der Waals surface area (Å²) >= 11 is 1.24. The number of aryl methyl sites for hydroxylation is 1. The average Bonchev–Trinajstić information content (AvgIpc) is 3.00. The van der Waals surface area contributed by atoms with Crippen LogP contribution >= 0.6 is 11.3 Å². The van der Waals surface area contributed by atoms with Crippen LogP contribution in [0.2, 0.25) is 0 Å². The maximum absolute atomic E-state index is 12.2. The van der Waals surface area contributed by atoms with Gasteiger partial charge in [-0.2, -0.15) is 5.26 Å². The first-order valence-electron chi connectivity index (χ1n) is 7.30. The SMILES string of the molecule is CCOc1ccccc1C(=O)OCC(=O)[C@H](C#N)c1nc(C)cs1. The predicted molar refractivity (Wildman–Crippen MR) is 88.1 cm³/mol. The quantitative estimate of drug-likeness (QED) is 0.718. The van der Waals surface area contributed by atoms with Gasteiger partial charge < -0.3 is 9.47 Å². The second kappa shape index (κ2) is 8.22. The summed E-state index contributed by atoms with van der Waals surface area (Å²) in [6, 6.07) is 8.54. The van der Waals surface area contributed by atoms with Gasteiger partial charge in [0.25, 0.3) is 0 Å². The summed E-state index contributed by atoms with van der Waals surface area (Å²) in [5.41, 5.74) is 0.983. The van der Waals surface area contributed by atoms with Crippen LogP contribution in [-0.2, 0) is 9.53 Å². The molecule has 0 saturated heterocycles. The number of carbonyl (C=O) groups is 2. The maximum Gasteiger partial charge on any atom is 0.342 e. The van der Waals surface area contributed by atoms with Crippen molar-refractivity contribution in [1.29, 1.82) is 5.26 Å². The minimum absolute atomic E-state index is 0.241. The molecule has 0 aliphatic carbocycles. The highest BCUT2D eigenvalue weighted by Crippen LogP contribution is 2.22. The van der Waals surface area contributed by atoms with Crippen molar-refractivity contribution in [3.8, 4) is 11.8 Å². The van der Waals surface area contributed by atoms with Crippen molar-refractivity contribution in [1.82, 2.24) is 4.98 Å². The predicted octanol–water partition coefficient (Wildman–Crippen LogP) is 2.88. The third kappa shape index (κ3) is 4.18. The lowest BCUT2D eigenvalue weighted by Crippen LogP contribution is -2.20. The van der Waals surface area contributed by atoms with E-state index in [2.05, 4.69) is 4.98 Å². The zero-order valence-electron chi connectivity index (χ0n) is 13.3. The normalized spacial score (nSPS) is 11.4. The van der Waals surface area contributed by atoms with Gasteiger partial charge in [0, 0.05) is 11.1 Å². The molecule has 1 aromatic carbocycles.